The van der Waals surface area contributed by atoms with Crippen LogP contribution in [0.4, 0.5) is 10.1 Å². The highest BCUT2D eigenvalue weighted by Crippen LogP contribution is 2.24. The molecule has 24 heavy (non-hydrogen) atoms. The molecular weight excluding hydrogens is 311 g/mol. The zero-order chi connectivity index (χ0) is 16.9. The predicted molar refractivity (Wildman–Crippen MR) is 91.6 cm³/mol. The summed E-state index contributed by atoms with van der Waals surface area (Å²) in [6.45, 7) is 4.51. The summed E-state index contributed by atoms with van der Waals surface area (Å²) in [6, 6.07) is 5.21. The number of rotatable bonds is 3. The van der Waals surface area contributed by atoms with Crippen LogP contribution in [0.25, 0.3) is 0 Å². The van der Waals surface area contributed by atoms with Gasteiger partial charge >= 0.3 is 0 Å². The Labute approximate surface area is 141 Å². The Kier molecular flexibility index (Phi) is 5.52. The van der Waals surface area contributed by atoms with Gasteiger partial charge in [0.2, 0.25) is 0 Å². The van der Waals surface area contributed by atoms with E-state index in [2.05, 4.69) is 4.99 Å². The second-order valence-corrected chi connectivity index (χ2v) is 6.28. The monoisotopic (exact) mass is 336 g/mol. The van der Waals surface area contributed by atoms with E-state index in [1.807, 2.05) is 15.9 Å². The van der Waals surface area contributed by atoms with Gasteiger partial charge in [0.1, 0.15) is 5.82 Å². The quantitative estimate of drug-likeness (QED) is 0.635. The molecule has 2 heterocycles. The molecule has 2 fully saturated rings. The van der Waals surface area contributed by atoms with Gasteiger partial charge in [-0.25, -0.2) is 9.38 Å². The Morgan fingerprint density at radius 3 is 2.62 bits per heavy atom. The van der Waals surface area contributed by atoms with E-state index < -0.39 is 0 Å². The second-order valence-electron chi connectivity index (χ2n) is 6.28. The molecule has 6 nitrogen and oxygen atoms in total. The van der Waals surface area contributed by atoms with Gasteiger partial charge in [-0.15, -0.1) is 0 Å². The SMILES string of the molecule is NC(=NCc1ccc(N2CCC(O)CC2)c(F)c1)N1CCOCC1. The number of hydrogen-bond acceptors (Lipinski definition) is 4. The molecule has 0 radical (unpaired) electrons. The number of ether oxygens (including phenoxy) is 1. The van der Waals surface area contributed by atoms with Gasteiger partial charge in [0.25, 0.3) is 0 Å². The van der Waals surface area contributed by atoms with E-state index in [-0.39, 0.29) is 11.9 Å². The molecule has 1 aromatic carbocycles. The molecule has 3 rings (SSSR count). The molecule has 2 aliphatic rings. The van der Waals surface area contributed by atoms with E-state index >= 15 is 0 Å². The molecule has 0 aromatic heterocycles. The molecule has 2 aliphatic heterocycles. The third-order valence-corrected chi connectivity index (χ3v) is 4.58. The summed E-state index contributed by atoms with van der Waals surface area (Å²) < 4.78 is 19.7. The number of morpholine rings is 1. The maximum atomic E-state index is 14.4. The Morgan fingerprint density at radius 1 is 1.25 bits per heavy atom. The second kappa shape index (κ2) is 7.81. The van der Waals surface area contributed by atoms with Crippen molar-refractivity contribution in [3.05, 3.63) is 29.6 Å². The number of anilines is 1. The van der Waals surface area contributed by atoms with Crippen LogP contribution < -0.4 is 10.6 Å². The maximum absolute atomic E-state index is 14.4. The van der Waals surface area contributed by atoms with Crippen LogP contribution in [0.5, 0.6) is 0 Å². The van der Waals surface area contributed by atoms with Gasteiger partial charge in [-0.3, -0.25) is 0 Å². The fraction of sp³-hybridized carbons (Fsp3) is 0.588. The highest BCUT2D eigenvalue weighted by Gasteiger charge is 2.19. The number of benzene rings is 1. The summed E-state index contributed by atoms with van der Waals surface area (Å²) in [5, 5.41) is 9.56. The lowest BCUT2D eigenvalue weighted by atomic mass is 10.1. The normalized spacial score (nSPS) is 20.5. The van der Waals surface area contributed by atoms with Crippen molar-refractivity contribution in [3.8, 4) is 0 Å². The van der Waals surface area contributed by atoms with Crippen LogP contribution in [0.15, 0.2) is 23.2 Å². The molecule has 2 saturated heterocycles. The number of piperidine rings is 1. The molecule has 7 heteroatoms. The molecule has 0 atom stereocenters. The van der Waals surface area contributed by atoms with Crippen LogP contribution in [0.1, 0.15) is 18.4 Å². The molecule has 3 N–H and O–H groups in total. The molecule has 0 bridgehead atoms. The summed E-state index contributed by atoms with van der Waals surface area (Å²) >= 11 is 0. The average Bonchev–Trinajstić information content (AvgIpc) is 2.61. The third-order valence-electron chi connectivity index (χ3n) is 4.58. The highest BCUT2D eigenvalue weighted by molar-refractivity contribution is 5.78. The highest BCUT2D eigenvalue weighted by atomic mass is 19.1. The van der Waals surface area contributed by atoms with E-state index in [4.69, 9.17) is 10.5 Å². The first kappa shape index (κ1) is 17.0. The minimum Gasteiger partial charge on any atom is -0.393 e. The van der Waals surface area contributed by atoms with Crippen LogP contribution >= 0.6 is 0 Å². The summed E-state index contributed by atoms with van der Waals surface area (Å²) in [4.78, 5) is 8.33. The van der Waals surface area contributed by atoms with E-state index in [0.717, 1.165) is 18.7 Å². The van der Waals surface area contributed by atoms with Crippen molar-refractivity contribution in [2.75, 3.05) is 44.3 Å². The van der Waals surface area contributed by atoms with Gasteiger partial charge < -0.3 is 25.4 Å². The van der Waals surface area contributed by atoms with Crippen LogP contribution in [-0.4, -0.2) is 61.5 Å². The van der Waals surface area contributed by atoms with Crippen molar-refractivity contribution in [2.24, 2.45) is 10.7 Å². The summed E-state index contributed by atoms with van der Waals surface area (Å²) in [5.41, 5.74) is 7.38. The molecule has 0 amide bonds. The fourth-order valence-corrected chi connectivity index (χ4v) is 3.08. The number of halogens is 1. The number of aliphatic imine (C=N–C) groups is 1. The van der Waals surface area contributed by atoms with E-state index in [0.29, 0.717) is 57.3 Å². The fourth-order valence-electron chi connectivity index (χ4n) is 3.08. The van der Waals surface area contributed by atoms with Crippen molar-refractivity contribution in [1.82, 2.24) is 4.90 Å². The van der Waals surface area contributed by atoms with Gasteiger partial charge in [0.05, 0.1) is 31.5 Å². The Balaban J connectivity index is 1.62. The molecule has 132 valence electrons. The first-order valence-corrected chi connectivity index (χ1v) is 8.47. The number of aliphatic hydroxyl groups is 1. The molecule has 0 aliphatic carbocycles. The largest absolute Gasteiger partial charge is 0.393 e. The average molecular weight is 336 g/mol. The molecule has 0 saturated carbocycles. The maximum Gasteiger partial charge on any atom is 0.191 e. The first-order valence-electron chi connectivity index (χ1n) is 8.47. The topological polar surface area (TPSA) is 74.3 Å². The lowest BCUT2D eigenvalue weighted by Crippen LogP contribution is -2.44. The van der Waals surface area contributed by atoms with E-state index in [1.165, 1.54) is 6.07 Å². The zero-order valence-electron chi connectivity index (χ0n) is 13.8. The summed E-state index contributed by atoms with van der Waals surface area (Å²) in [7, 11) is 0. The van der Waals surface area contributed by atoms with Gasteiger partial charge in [0.15, 0.2) is 5.96 Å². The summed E-state index contributed by atoms with van der Waals surface area (Å²) in [5.74, 6) is 0.233. The number of nitrogens with two attached hydrogens (primary N) is 1. The van der Waals surface area contributed by atoms with Crippen molar-refractivity contribution < 1.29 is 14.2 Å². The van der Waals surface area contributed by atoms with Crippen LogP contribution in [0.2, 0.25) is 0 Å². The third kappa shape index (κ3) is 4.15. The van der Waals surface area contributed by atoms with Gasteiger partial charge in [-0.1, -0.05) is 6.07 Å². The number of hydrogen-bond donors (Lipinski definition) is 2. The molecule has 0 unspecified atom stereocenters. The van der Waals surface area contributed by atoms with Gasteiger partial charge in [-0.2, -0.15) is 0 Å². The Hall–Kier alpha value is -1.86. The molecule has 1 aromatic rings. The van der Waals surface area contributed by atoms with E-state index in [9.17, 15) is 9.50 Å². The zero-order valence-corrected chi connectivity index (χ0v) is 13.8. The minimum absolute atomic E-state index is 0.246. The Morgan fingerprint density at radius 2 is 1.96 bits per heavy atom. The van der Waals surface area contributed by atoms with Crippen molar-refractivity contribution in [2.45, 2.75) is 25.5 Å². The number of guanidine groups is 1. The van der Waals surface area contributed by atoms with Crippen LogP contribution in [0, 0.1) is 5.82 Å². The first-order chi connectivity index (χ1) is 11.6. The number of aliphatic hydroxyl groups excluding tert-OH is 1. The predicted octanol–water partition coefficient (Wildman–Crippen LogP) is 0.934. The van der Waals surface area contributed by atoms with Crippen molar-refractivity contribution in [1.29, 1.82) is 0 Å². The lowest BCUT2D eigenvalue weighted by molar-refractivity contribution is 0.0674. The smallest absolute Gasteiger partial charge is 0.191 e. The summed E-state index contributed by atoms with van der Waals surface area (Å²) in [6.07, 6.45) is 1.10. The van der Waals surface area contributed by atoms with E-state index in [1.54, 1.807) is 6.07 Å². The standard InChI is InChI=1S/C17H25FN4O2/c18-15-11-13(12-20-17(19)22-7-9-24-10-8-22)1-2-16(15)21-5-3-14(23)4-6-21/h1-2,11,14,23H,3-10,12H2,(H2,19,20). The molecular formula is C17H25FN4O2. The van der Waals surface area contributed by atoms with Crippen LogP contribution in [-0.2, 0) is 11.3 Å². The van der Waals surface area contributed by atoms with Gasteiger partial charge in [0, 0.05) is 26.2 Å². The molecule has 0 spiro atoms. The van der Waals surface area contributed by atoms with Crippen molar-refractivity contribution >= 4 is 11.6 Å². The minimum atomic E-state index is -0.263. The van der Waals surface area contributed by atoms with Crippen LogP contribution in [0.3, 0.4) is 0 Å². The number of nitrogens with zero attached hydrogens (tertiary/aromatic N) is 3. The Bertz CT molecular complexity index is 582. The van der Waals surface area contributed by atoms with Crippen molar-refractivity contribution in [3.63, 3.8) is 0 Å². The van der Waals surface area contributed by atoms with Gasteiger partial charge in [-0.05, 0) is 30.5 Å². The lowest BCUT2D eigenvalue weighted by Gasteiger charge is -2.31.